The maximum atomic E-state index is 14.1. The number of ether oxygens (including phenoxy) is 3. The molecule has 3 aromatic heterocycles. The highest BCUT2D eigenvalue weighted by Gasteiger charge is 2.44. The Hall–Kier alpha value is -5.54. The van der Waals surface area contributed by atoms with E-state index in [1.54, 1.807) is 29.7 Å². The van der Waals surface area contributed by atoms with Gasteiger partial charge in [0.2, 0.25) is 0 Å². The van der Waals surface area contributed by atoms with Gasteiger partial charge in [0.25, 0.3) is 5.91 Å². The zero-order valence-electron chi connectivity index (χ0n) is 28.4. The van der Waals surface area contributed by atoms with Gasteiger partial charge in [0.05, 0.1) is 26.4 Å². The Morgan fingerprint density at radius 3 is 1.98 bits per heavy atom. The van der Waals surface area contributed by atoms with Crippen LogP contribution < -0.4 is 9.47 Å². The van der Waals surface area contributed by atoms with E-state index in [9.17, 15) is 9.59 Å². The van der Waals surface area contributed by atoms with Gasteiger partial charge in [-0.25, -0.2) is 24.7 Å². The Kier molecular flexibility index (Phi) is 9.46. The largest absolute Gasteiger partial charge is 0.467 e. The zero-order chi connectivity index (χ0) is 34.7. The lowest BCUT2D eigenvalue weighted by atomic mass is 9.87. The van der Waals surface area contributed by atoms with Gasteiger partial charge in [0, 0.05) is 58.9 Å². The third-order valence-corrected chi connectivity index (χ3v) is 9.05. The molecule has 1 aliphatic rings. The van der Waals surface area contributed by atoms with E-state index in [0.717, 1.165) is 50.0 Å². The summed E-state index contributed by atoms with van der Waals surface area (Å²) in [5.74, 6) is 1.95. The van der Waals surface area contributed by atoms with Crippen molar-refractivity contribution in [2.45, 2.75) is 52.0 Å². The van der Waals surface area contributed by atoms with E-state index in [1.807, 2.05) is 50.2 Å². The Labute approximate surface area is 286 Å². The third kappa shape index (κ3) is 7.03. The van der Waals surface area contributed by atoms with E-state index in [2.05, 4.69) is 62.1 Å². The van der Waals surface area contributed by atoms with E-state index in [4.69, 9.17) is 14.2 Å². The van der Waals surface area contributed by atoms with Crippen molar-refractivity contribution in [1.82, 2.24) is 29.8 Å². The summed E-state index contributed by atoms with van der Waals surface area (Å²) in [5, 5.41) is 0.934. The first-order chi connectivity index (χ1) is 23.6. The van der Waals surface area contributed by atoms with Gasteiger partial charge in [-0.3, -0.25) is 4.79 Å². The number of benzene rings is 2. The first-order valence-electron chi connectivity index (χ1n) is 16.2. The van der Waals surface area contributed by atoms with E-state index in [0.29, 0.717) is 25.2 Å². The van der Waals surface area contributed by atoms with Crippen LogP contribution in [0.25, 0.3) is 33.2 Å². The lowest BCUT2D eigenvalue weighted by Gasteiger charge is -2.40. The van der Waals surface area contributed by atoms with Crippen LogP contribution in [-0.4, -0.2) is 76.1 Å². The van der Waals surface area contributed by atoms with E-state index in [-0.39, 0.29) is 6.42 Å². The Bertz CT molecular complexity index is 2040. The van der Waals surface area contributed by atoms with E-state index >= 15 is 0 Å². The lowest BCUT2D eigenvalue weighted by Crippen LogP contribution is -2.51. The lowest BCUT2D eigenvalue weighted by molar-refractivity contribution is -0.153. The molecule has 1 aliphatic heterocycles. The van der Waals surface area contributed by atoms with Crippen molar-refractivity contribution in [3.05, 3.63) is 84.1 Å². The van der Waals surface area contributed by atoms with Crippen molar-refractivity contribution in [2.24, 2.45) is 0 Å². The summed E-state index contributed by atoms with van der Waals surface area (Å²) in [5.41, 5.74) is 10.1. The minimum atomic E-state index is -1.91. The molecule has 0 fully saturated rings. The van der Waals surface area contributed by atoms with Crippen LogP contribution in [0.4, 0.5) is 0 Å². The molecule has 11 nitrogen and oxygen atoms in total. The molecule has 1 N–H and O–H groups in total. The monoisotopic (exact) mass is 674 g/mol. The molecule has 0 saturated heterocycles. The summed E-state index contributed by atoms with van der Waals surface area (Å²) in [7, 11) is -0.570. The summed E-state index contributed by atoms with van der Waals surface area (Å²) in [6, 6.07) is 13.0. The number of hydrogen-bond donors (Lipinski definition) is 1. The first-order valence-corrected chi connectivity index (χ1v) is 19.7. The summed E-state index contributed by atoms with van der Waals surface area (Å²) in [6.45, 7) is 10.9. The van der Waals surface area contributed by atoms with Crippen molar-refractivity contribution in [3.63, 3.8) is 0 Å². The van der Waals surface area contributed by atoms with Crippen molar-refractivity contribution < 1.29 is 23.8 Å². The Morgan fingerprint density at radius 1 is 0.857 bits per heavy atom. The van der Waals surface area contributed by atoms with E-state index in [1.165, 1.54) is 7.11 Å². The number of aromatic nitrogens is 5. The molecular weight excluding hydrogens is 637 g/mol. The van der Waals surface area contributed by atoms with Crippen molar-refractivity contribution in [3.8, 4) is 45.7 Å². The van der Waals surface area contributed by atoms with Crippen LogP contribution in [0.3, 0.4) is 0 Å². The van der Waals surface area contributed by atoms with E-state index < -0.39 is 32.0 Å². The maximum Gasteiger partial charge on any atom is 0.328 e. The molecule has 0 spiro atoms. The molecular formula is C37H38N6O5Si. The molecule has 250 valence electrons. The molecule has 2 atom stereocenters. The molecule has 2 aromatic carbocycles. The van der Waals surface area contributed by atoms with Crippen molar-refractivity contribution >= 4 is 30.9 Å². The van der Waals surface area contributed by atoms with Crippen LogP contribution in [-0.2, 0) is 20.7 Å². The second kappa shape index (κ2) is 13.9. The van der Waals surface area contributed by atoms with Gasteiger partial charge in [0.15, 0.2) is 0 Å². The number of methoxy groups -OCH3 is 1. The van der Waals surface area contributed by atoms with Gasteiger partial charge in [-0.2, -0.15) is 0 Å². The minimum absolute atomic E-state index is 0.254. The van der Waals surface area contributed by atoms with Crippen LogP contribution in [0.15, 0.2) is 67.3 Å². The number of fused-ring (bicyclic) bond motifs is 3. The number of amides is 1. The fourth-order valence-electron chi connectivity index (χ4n) is 5.93. The van der Waals surface area contributed by atoms with Gasteiger partial charge in [-0.1, -0.05) is 50.0 Å². The van der Waals surface area contributed by atoms with Gasteiger partial charge in [-0.05, 0) is 54.2 Å². The molecule has 49 heavy (non-hydrogen) atoms. The average molecular weight is 675 g/mol. The highest BCUT2D eigenvalue weighted by Crippen LogP contribution is 2.42. The molecule has 12 heteroatoms. The summed E-state index contributed by atoms with van der Waals surface area (Å²) in [6.07, 6.45) is 7.14. The van der Waals surface area contributed by atoms with Gasteiger partial charge >= 0.3 is 18.0 Å². The summed E-state index contributed by atoms with van der Waals surface area (Å²) < 4.78 is 16.1. The van der Waals surface area contributed by atoms with Gasteiger partial charge in [0.1, 0.15) is 14.1 Å². The highest BCUT2D eigenvalue weighted by molar-refractivity contribution is 6.84. The second-order valence-corrected chi connectivity index (χ2v) is 17.4. The average Bonchev–Trinajstić information content (AvgIpc) is 3.48. The molecule has 0 bridgehead atoms. The number of rotatable bonds is 8. The molecule has 0 aliphatic carbocycles. The molecule has 4 heterocycles. The normalized spacial score (nSPS) is 15.6. The van der Waals surface area contributed by atoms with Crippen molar-refractivity contribution in [1.29, 1.82) is 0 Å². The number of carbonyl (C=O) groups is 2. The smallest absolute Gasteiger partial charge is 0.328 e. The van der Waals surface area contributed by atoms with Crippen LogP contribution in [0, 0.1) is 11.5 Å². The first kappa shape index (κ1) is 33.4. The second-order valence-electron chi connectivity index (χ2n) is 12.6. The minimum Gasteiger partial charge on any atom is -0.467 e. The van der Waals surface area contributed by atoms with Crippen molar-refractivity contribution in [2.75, 3.05) is 20.3 Å². The number of carbonyl (C=O) groups excluding carboxylic acids is 2. The van der Waals surface area contributed by atoms with Gasteiger partial charge < -0.3 is 24.1 Å². The predicted molar refractivity (Wildman–Crippen MR) is 188 cm³/mol. The van der Waals surface area contributed by atoms with Crippen LogP contribution in [0.2, 0.25) is 19.6 Å². The molecule has 0 radical (unpaired) electrons. The van der Waals surface area contributed by atoms with Crippen LogP contribution in [0.1, 0.15) is 36.7 Å². The highest BCUT2D eigenvalue weighted by atomic mass is 28.3. The third-order valence-electron chi connectivity index (χ3n) is 8.17. The summed E-state index contributed by atoms with van der Waals surface area (Å²) >= 11 is 0. The SMILES string of the molecule is CCOc1ncc(-c2ccc(C3c4[nH]c5ccc(-c6cnc(OCC)nc6)cc5c4CC(C(=O)OC)N3C(=O)C#C[Si](C)(C)C)cc2)cn1. The number of hydrogen-bond acceptors (Lipinski definition) is 9. The van der Waals surface area contributed by atoms with Crippen LogP contribution >= 0.6 is 0 Å². The summed E-state index contributed by atoms with van der Waals surface area (Å²) in [4.78, 5) is 50.0. The molecule has 0 saturated carbocycles. The predicted octanol–water partition coefficient (Wildman–Crippen LogP) is 5.78. The maximum absolute atomic E-state index is 14.1. The molecule has 1 amide bonds. The fourth-order valence-corrected chi connectivity index (χ4v) is 6.41. The fraction of sp³-hybridized carbons (Fsp3) is 0.297. The molecule has 2 unspecified atom stereocenters. The molecule has 5 aromatic rings. The standard InChI is InChI=1S/C37H38N6O5Si/c1-7-47-36-38-19-26(20-39-36)23-9-11-24(12-10-23)34-33-29(18-31(35(45)46-3)43(34)32(44)15-16-49(4,5)6)28-17-25(13-14-30(28)42-33)27-21-40-37(41-22-27)48-8-2/h9-14,17,19-22,31,34,42H,7-8,18H2,1-6H3. The van der Waals surface area contributed by atoms with Crippen LogP contribution in [0.5, 0.6) is 12.0 Å². The number of esters is 1. The topological polar surface area (TPSA) is 132 Å². The number of nitrogens with one attached hydrogen (secondary N) is 1. The molecule has 6 rings (SSSR count). The number of H-pyrrole nitrogens is 1. The zero-order valence-corrected chi connectivity index (χ0v) is 29.4. The Morgan fingerprint density at radius 2 is 1.43 bits per heavy atom. The quantitative estimate of drug-likeness (QED) is 0.124. The number of nitrogens with zero attached hydrogens (tertiary/aromatic N) is 5. The number of aromatic amines is 1. The Balaban J connectivity index is 1.48. The van der Waals surface area contributed by atoms with Gasteiger partial charge in [-0.15, -0.1) is 5.54 Å².